The van der Waals surface area contributed by atoms with Crippen molar-refractivity contribution >= 4 is 23.8 Å². The van der Waals surface area contributed by atoms with E-state index in [1.165, 1.54) is 12.8 Å². The Morgan fingerprint density at radius 1 is 1.25 bits per heavy atom. The Bertz CT molecular complexity index is 374. The molecule has 0 aromatic rings. The first-order valence-corrected chi connectivity index (χ1v) is 8.29. The fourth-order valence-electron chi connectivity index (χ4n) is 2.46. The summed E-state index contributed by atoms with van der Waals surface area (Å²) in [5.74, 6) is -0.807. The van der Waals surface area contributed by atoms with E-state index in [4.69, 9.17) is 5.11 Å². The van der Waals surface area contributed by atoms with Crippen molar-refractivity contribution in [2.75, 3.05) is 45.5 Å². The van der Waals surface area contributed by atoms with Crippen LogP contribution in [0.1, 0.15) is 19.3 Å². The highest BCUT2D eigenvalue weighted by Gasteiger charge is 2.42. The molecule has 1 heterocycles. The van der Waals surface area contributed by atoms with Crippen molar-refractivity contribution in [3.05, 3.63) is 0 Å². The third-order valence-corrected chi connectivity index (χ3v) is 5.46. The number of aliphatic carboxylic acids is 1. The van der Waals surface area contributed by atoms with E-state index in [1.807, 2.05) is 16.7 Å². The van der Waals surface area contributed by atoms with Gasteiger partial charge in [0.25, 0.3) is 0 Å². The highest BCUT2D eigenvalue weighted by Crippen LogP contribution is 2.46. The smallest absolute Gasteiger partial charge is 0.317 e. The zero-order valence-corrected chi connectivity index (χ0v) is 12.7. The van der Waals surface area contributed by atoms with E-state index in [1.54, 1.807) is 4.90 Å². The van der Waals surface area contributed by atoms with Gasteiger partial charge >= 0.3 is 12.0 Å². The van der Waals surface area contributed by atoms with E-state index in [2.05, 4.69) is 11.6 Å². The predicted octanol–water partition coefficient (Wildman–Crippen LogP) is 0.684. The molecule has 1 saturated heterocycles. The molecule has 1 saturated carbocycles. The quantitative estimate of drug-likeness (QED) is 0.781. The highest BCUT2D eigenvalue weighted by atomic mass is 32.2. The number of amides is 2. The zero-order chi connectivity index (χ0) is 14.6. The van der Waals surface area contributed by atoms with Crippen LogP contribution >= 0.6 is 11.8 Å². The molecule has 2 amide bonds. The summed E-state index contributed by atoms with van der Waals surface area (Å²) in [7, 11) is 0. The second kappa shape index (κ2) is 6.67. The normalized spacial score (nSPS) is 22.1. The second-order valence-corrected chi connectivity index (χ2v) is 6.83. The SMILES string of the molecule is CSC1(CNC(=O)N2CCCN(CC(=O)O)CC2)CC1. The molecule has 2 N–H and O–H groups in total. The lowest BCUT2D eigenvalue weighted by Gasteiger charge is -2.23. The van der Waals surface area contributed by atoms with Crippen LogP contribution in [0.3, 0.4) is 0 Å². The summed E-state index contributed by atoms with van der Waals surface area (Å²) < 4.78 is 0.275. The van der Waals surface area contributed by atoms with E-state index in [0.29, 0.717) is 19.6 Å². The Labute approximate surface area is 123 Å². The Morgan fingerprint density at radius 2 is 2.00 bits per heavy atom. The number of carbonyl (C=O) groups excluding carboxylic acids is 1. The van der Waals surface area contributed by atoms with E-state index >= 15 is 0 Å². The molecule has 1 aliphatic carbocycles. The van der Waals surface area contributed by atoms with Crippen LogP contribution in [0.15, 0.2) is 0 Å². The van der Waals surface area contributed by atoms with Crippen molar-refractivity contribution in [2.45, 2.75) is 24.0 Å². The second-order valence-electron chi connectivity index (χ2n) is 5.56. The first-order valence-electron chi connectivity index (χ1n) is 7.07. The fraction of sp³-hybridized carbons (Fsp3) is 0.846. The summed E-state index contributed by atoms with van der Waals surface area (Å²) in [4.78, 5) is 26.5. The van der Waals surface area contributed by atoms with Crippen LogP contribution in [0.2, 0.25) is 0 Å². The number of thioether (sulfide) groups is 1. The van der Waals surface area contributed by atoms with Gasteiger partial charge in [-0.05, 0) is 25.5 Å². The number of nitrogens with zero attached hydrogens (tertiary/aromatic N) is 2. The predicted molar refractivity (Wildman–Crippen MR) is 79.1 cm³/mol. The summed E-state index contributed by atoms with van der Waals surface area (Å²) in [6, 6.07) is -0.0116. The van der Waals surface area contributed by atoms with E-state index < -0.39 is 5.97 Å². The van der Waals surface area contributed by atoms with Crippen molar-refractivity contribution in [3.63, 3.8) is 0 Å². The summed E-state index contributed by atoms with van der Waals surface area (Å²) in [5.41, 5.74) is 0. The number of hydrogen-bond acceptors (Lipinski definition) is 4. The molecule has 0 unspecified atom stereocenters. The maximum absolute atomic E-state index is 12.1. The zero-order valence-electron chi connectivity index (χ0n) is 11.9. The van der Waals surface area contributed by atoms with Crippen LogP contribution in [-0.2, 0) is 4.79 Å². The number of nitrogens with one attached hydrogen (secondary N) is 1. The molecule has 114 valence electrons. The fourth-order valence-corrected chi connectivity index (χ4v) is 3.19. The number of carbonyl (C=O) groups is 2. The van der Waals surface area contributed by atoms with Gasteiger partial charge in [-0.15, -0.1) is 0 Å². The van der Waals surface area contributed by atoms with E-state index in [9.17, 15) is 9.59 Å². The molecule has 2 fully saturated rings. The molecule has 0 aromatic carbocycles. The Balaban J connectivity index is 1.75. The minimum atomic E-state index is -0.807. The molecular weight excluding hydrogens is 278 g/mol. The molecule has 0 radical (unpaired) electrons. The maximum atomic E-state index is 12.1. The molecule has 20 heavy (non-hydrogen) atoms. The minimum absolute atomic E-state index is 0.0116. The number of urea groups is 1. The van der Waals surface area contributed by atoms with Gasteiger partial charge in [0, 0.05) is 37.5 Å². The minimum Gasteiger partial charge on any atom is -0.480 e. The monoisotopic (exact) mass is 301 g/mol. The van der Waals surface area contributed by atoms with Crippen LogP contribution in [0.5, 0.6) is 0 Å². The van der Waals surface area contributed by atoms with E-state index in [-0.39, 0.29) is 17.3 Å². The van der Waals surface area contributed by atoms with Crippen LogP contribution < -0.4 is 5.32 Å². The van der Waals surface area contributed by atoms with Crippen LogP contribution in [0, 0.1) is 0 Å². The van der Waals surface area contributed by atoms with Crippen molar-refractivity contribution in [3.8, 4) is 0 Å². The van der Waals surface area contributed by atoms with Gasteiger partial charge in [-0.2, -0.15) is 11.8 Å². The molecule has 0 aromatic heterocycles. The van der Waals surface area contributed by atoms with Crippen molar-refractivity contribution < 1.29 is 14.7 Å². The third kappa shape index (κ3) is 4.28. The topological polar surface area (TPSA) is 72.9 Å². The molecule has 0 atom stereocenters. The molecule has 0 bridgehead atoms. The third-order valence-electron chi connectivity index (χ3n) is 4.04. The number of carboxylic acid groups (broad SMARTS) is 1. The Morgan fingerprint density at radius 3 is 2.60 bits per heavy atom. The van der Waals surface area contributed by atoms with Gasteiger partial charge < -0.3 is 15.3 Å². The Kier molecular flexibility index (Phi) is 5.15. The van der Waals surface area contributed by atoms with Gasteiger partial charge in [-0.3, -0.25) is 9.69 Å². The van der Waals surface area contributed by atoms with Crippen molar-refractivity contribution in [2.24, 2.45) is 0 Å². The number of hydrogen-bond donors (Lipinski definition) is 2. The molecule has 2 aliphatic rings. The number of carboxylic acids is 1. The lowest BCUT2D eigenvalue weighted by molar-refractivity contribution is -0.138. The molecule has 2 rings (SSSR count). The van der Waals surface area contributed by atoms with Gasteiger partial charge in [0.15, 0.2) is 0 Å². The summed E-state index contributed by atoms with van der Waals surface area (Å²) in [6.45, 7) is 3.48. The summed E-state index contributed by atoms with van der Waals surface area (Å²) in [5, 5.41) is 11.8. The Hall–Kier alpha value is -0.950. The first-order chi connectivity index (χ1) is 9.54. The lowest BCUT2D eigenvalue weighted by Crippen LogP contribution is -2.44. The van der Waals surface area contributed by atoms with Crippen molar-refractivity contribution in [1.82, 2.24) is 15.1 Å². The maximum Gasteiger partial charge on any atom is 0.317 e. The van der Waals surface area contributed by atoms with Crippen LogP contribution in [0.4, 0.5) is 4.79 Å². The van der Waals surface area contributed by atoms with Crippen LogP contribution in [-0.4, -0.2) is 77.2 Å². The average molecular weight is 301 g/mol. The largest absolute Gasteiger partial charge is 0.480 e. The first kappa shape index (κ1) is 15.4. The molecule has 1 aliphatic heterocycles. The van der Waals surface area contributed by atoms with Gasteiger partial charge in [0.1, 0.15) is 0 Å². The molecular formula is C13H23N3O3S. The molecule has 0 spiro atoms. The van der Waals surface area contributed by atoms with Crippen molar-refractivity contribution in [1.29, 1.82) is 0 Å². The number of rotatable bonds is 5. The van der Waals surface area contributed by atoms with E-state index in [0.717, 1.165) is 19.5 Å². The van der Waals surface area contributed by atoms with Gasteiger partial charge in [-0.1, -0.05) is 0 Å². The van der Waals surface area contributed by atoms with Crippen LogP contribution in [0.25, 0.3) is 0 Å². The average Bonchev–Trinajstić information content (AvgIpc) is 3.20. The standard InChI is InChI=1S/C13H23N3O3S/c1-20-13(3-4-13)10-14-12(19)16-6-2-5-15(7-8-16)9-11(17)18/h2-10H2,1H3,(H,14,19)(H,17,18). The summed E-state index contributed by atoms with van der Waals surface area (Å²) >= 11 is 1.83. The summed E-state index contributed by atoms with van der Waals surface area (Å²) in [6.07, 6.45) is 5.28. The van der Waals surface area contributed by atoms with Gasteiger partial charge in [0.05, 0.1) is 6.54 Å². The highest BCUT2D eigenvalue weighted by molar-refractivity contribution is 8.00. The molecule has 7 heteroatoms. The lowest BCUT2D eigenvalue weighted by atomic mass is 10.4. The van der Waals surface area contributed by atoms with Gasteiger partial charge in [-0.25, -0.2) is 4.79 Å². The molecule has 6 nitrogen and oxygen atoms in total. The van der Waals surface area contributed by atoms with Gasteiger partial charge in [0.2, 0.25) is 0 Å².